The number of aromatic nitrogens is 1. The molecule has 1 heterocycles. The highest BCUT2D eigenvalue weighted by molar-refractivity contribution is 5.88. The van der Waals surface area contributed by atoms with Crippen molar-refractivity contribution in [1.82, 2.24) is 10.5 Å². The molecule has 1 aromatic heterocycles. The van der Waals surface area contributed by atoms with Crippen molar-refractivity contribution >= 4 is 11.8 Å². The molecule has 5 nitrogen and oxygen atoms in total. The molecule has 0 saturated heterocycles. The van der Waals surface area contributed by atoms with Crippen LogP contribution in [0.15, 0.2) is 40.9 Å². The van der Waals surface area contributed by atoms with E-state index >= 15 is 0 Å². The number of benzene rings is 1. The minimum Gasteiger partial charge on any atom is -0.354 e. The summed E-state index contributed by atoms with van der Waals surface area (Å²) in [6, 6.07) is 11.4. The lowest BCUT2D eigenvalue weighted by Crippen LogP contribution is -2.43. The standard InChI is InChI=1S/C17H21N3O2/c1-12-7-5-6-10-14(12)18-17(21)19-16-11-15(22-20-16)13-8-3-2-4-9-13/h2-4,8-9,11-12,14H,5-7,10H2,1H3,(H2,18,19,20,21). The molecule has 1 fully saturated rings. The maximum Gasteiger partial charge on any atom is 0.320 e. The quantitative estimate of drug-likeness (QED) is 0.898. The van der Waals surface area contributed by atoms with E-state index in [-0.39, 0.29) is 12.1 Å². The lowest BCUT2D eigenvalue weighted by molar-refractivity contribution is 0.232. The van der Waals surface area contributed by atoms with Crippen LogP contribution >= 0.6 is 0 Å². The summed E-state index contributed by atoms with van der Waals surface area (Å²) in [5.41, 5.74) is 0.935. The predicted molar refractivity (Wildman–Crippen MR) is 85.5 cm³/mol. The normalized spacial score (nSPS) is 21.3. The van der Waals surface area contributed by atoms with Crippen LogP contribution in [0.5, 0.6) is 0 Å². The summed E-state index contributed by atoms with van der Waals surface area (Å²) < 4.78 is 5.27. The summed E-state index contributed by atoms with van der Waals surface area (Å²) in [6.45, 7) is 2.19. The van der Waals surface area contributed by atoms with Crippen LogP contribution < -0.4 is 10.6 Å². The Kier molecular flexibility index (Phi) is 4.42. The third-order valence-corrected chi connectivity index (χ3v) is 4.24. The van der Waals surface area contributed by atoms with Crippen LogP contribution in [0.2, 0.25) is 0 Å². The maximum atomic E-state index is 12.1. The van der Waals surface area contributed by atoms with Crippen LogP contribution in [0, 0.1) is 5.92 Å². The number of nitrogens with zero attached hydrogens (tertiary/aromatic N) is 1. The Morgan fingerprint density at radius 1 is 1.23 bits per heavy atom. The van der Waals surface area contributed by atoms with Crippen molar-refractivity contribution in [1.29, 1.82) is 0 Å². The predicted octanol–water partition coefficient (Wildman–Crippen LogP) is 4.04. The van der Waals surface area contributed by atoms with Gasteiger partial charge in [0.1, 0.15) is 0 Å². The molecule has 1 saturated carbocycles. The van der Waals surface area contributed by atoms with Crippen molar-refractivity contribution in [2.24, 2.45) is 5.92 Å². The lowest BCUT2D eigenvalue weighted by Gasteiger charge is -2.29. The summed E-state index contributed by atoms with van der Waals surface area (Å²) in [4.78, 5) is 12.1. The molecular formula is C17H21N3O2. The number of nitrogens with one attached hydrogen (secondary N) is 2. The summed E-state index contributed by atoms with van der Waals surface area (Å²) in [5.74, 6) is 1.60. The molecule has 0 spiro atoms. The molecule has 2 unspecified atom stereocenters. The molecule has 2 atom stereocenters. The van der Waals surface area contributed by atoms with Crippen molar-refractivity contribution in [3.05, 3.63) is 36.4 Å². The van der Waals surface area contributed by atoms with Crippen LogP contribution in [-0.2, 0) is 0 Å². The number of carbonyl (C=O) groups excluding carboxylic acids is 1. The maximum absolute atomic E-state index is 12.1. The van der Waals surface area contributed by atoms with E-state index in [9.17, 15) is 4.79 Å². The van der Waals surface area contributed by atoms with Gasteiger partial charge in [0.15, 0.2) is 11.6 Å². The molecule has 2 amide bonds. The fraction of sp³-hybridized carbons (Fsp3) is 0.412. The topological polar surface area (TPSA) is 67.2 Å². The molecule has 0 bridgehead atoms. The molecule has 116 valence electrons. The van der Waals surface area contributed by atoms with Crippen molar-refractivity contribution in [3.63, 3.8) is 0 Å². The van der Waals surface area contributed by atoms with Gasteiger partial charge in [-0.2, -0.15) is 0 Å². The third kappa shape index (κ3) is 3.47. The minimum atomic E-state index is -0.216. The van der Waals surface area contributed by atoms with Gasteiger partial charge < -0.3 is 9.84 Å². The molecule has 22 heavy (non-hydrogen) atoms. The van der Waals surface area contributed by atoms with Gasteiger partial charge in [-0.05, 0) is 18.8 Å². The van der Waals surface area contributed by atoms with Gasteiger partial charge in [0.2, 0.25) is 0 Å². The molecule has 2 aromatic rings. The smallest absolute Gasteiger partial charge is 0.320 e. The monoisotopic (exact) mass is 299 g/mol. The summed E-state index contributed by atoms with van der Waals surface area (Å²) in [5, 5.41) is 9.68. The van der Waals surface area contributed by atoms with Crippen molar-refractivity contribution in [2.75, 3.05) is 5.32 Å². The fourth-order valence-corrected chi connectivity index (χ4v) is 2.92. The van der Waals surface area contributed by atoms with Crippen LogP contribution in [0.25, 0.3) is 11.3 Å². The fourth-order valence-electron chi connectivity index (χ4n) is 2.92. The van der Waals surface area contributed by atoms with Crippen LogP contribution in [0.3, 0.4) is 0 Å². The molecule has 3 rings (SSSR count). The van der Waals surface area contributed by atoms with Crippen LogP contribution in [0.1, 0.15) is 32.6 Å². The van der Waals surface area contributed by atoms with Crippen molar-refractivity contribution in [2.45, 2.75) is 38.6 Å². The van der Waals surface area contributed by atoms with Crippen molar-refractivity contribution < 1.29 is 9.32 Å². The summed E-state index contributed by atoms with van der Waals surface area (Å²) in [7, 11) is 0. The molecule has 0 radical (unpaired) electrons. The Bertz CT molecular complexity index is 624. The SMILES string of the molecule is CC1CCCCC1NC(=O)Nc1cc(-c2ccccc2)on1. The molecule has 1 aliphatic rings. The zero-order valence-corrected chi connectivity index (χ0v) is 12.7. The van der Waals surface area contributed by atoms with Gasteiger partial charge in [-0.15, -0.1) is 0 Å². The Labute approximate surface area is 130 Å². The largest absolute Gasteiger partial charge is 0.354 e. The van der Waals surface area contributed by atoms with Crippen LogP contribution in [0.4, 0.5) is 10.6 Å². The number of amides is 2. The third-order valence-electron chi connectivity index (χ3n) is 4.24. The first-order chi connectivity index (χ1) is 10.7. The number of hydrogen-bond donors (Lipinski definition) is 2. The summed E-state index contributed by atoms with van der Waals surface area (Å²) in [6.07, 6.45) is 4.65. The first-order valence-corrected chi connectivity index (χ1v) is 7.82. The highest BCUT2D eigenvalue weighted by Gasteiger charge is 2.23. The second-order valence-electron chi connectivity index (χ2n) is 5.91. The van der Waals surface area contributed by atoms with Gasteiger partial charge in [0.25, 0.3) is 0 Å². The van der Waals surface area contributed by atoms with E-state index in [0.29, 0.717) is 17.5 Å². The lowest BCUT2D eigenvalue weighted by atomic mass is 9.86. The zero-order valence-electron chi connectivity index (χ0n) is 12.7. The van der Waals surface area contributed by atoms with E-state index < -0.39 is 0 Å². The average Bonchev–Trinajstić information content (AvgIpc) is 2.99. The van der Waals surface area contributed by atoms with Gasteiger partial charge in [-0.3, -0.25) is 5.32 Å². The highest BCUT2D eigenvalue weighted by Crippen LogP contribution is 2.24. The number of rotatable bonds is 3. The van der Waals surface area contributed by atoms with E-state index in [0.717, 1.165) is 12.0 Å². The van der Waals surface area contributed by atoms with Crippen LogP contribution in [-0.4, -0.2) is 17.2 Å². The molecule has 5 heteroatoms. The van der Waals surface area contributed by atoms with E-state index in [1.807, 2.05) is 30.3 Å². The van der Waals surface area contributed by atoms with E-state index in [2.05, 4.69) is 22.7 Å². The second kappa shape index (κ2) is 6.64. The number of hydrogen-bond acceptors (Lipinski definition) is 3. The highest BCUT2D eigenvalue weighted by atomic mass is 16.5. The van der Waals surface area contributed by atoms with Gasteiger partial charge in [-0.25, -0.2) is 4.79 Å². The zero-order chi connectivity index (χ0) is 15.4. The summed E-state index contributed by atoms with van der Waals surface area (Å²) >= 11 is 0. The Balaban J connectivity index is 1.59. The molecule has 1 aromatic carbocycles. The van der Waals surface area contributed by atoms with Gasteiger partial charge in [0.05, 0.1) is 0 Å². The Morgan fingerprint density at radius 3 is 2.77 bits per heavy atom. The number of carbonyl (C=O) groups is 1. The minimum absolute atomic E-state index is 0.216. The van der Waals surface area contributed by atoms with Crippen molar-refractivity contribution in [3.8, 4) is 11.3 Å². The average molecular weight is 299 g/mol. The molecule has 1 aliphatic carbocycles. The number of anilines is 1. The van der Waals surface area contributed by atoms with E-state index in [1.165, 1.54) is 19.3 Å². The molecule has 2 N–H and O–H groups in total. The number of urea groups is 1. The molecular weight excluding hydrogens is 278 g/mol. The second-order valence-corrected chi connectivity index (χ2v) is 5.91. The Morgan fingerprint density at radius 2 is 2.00 bits per heavy atom. The van der Waals surface area contributed by atoms with Gasteiger partial charge in [0, 0.05) is 17.7 Å². The molecule has 0 aliphatic heterocycles. The first kappa shape index (κ1) is 14.6. The van der Waals surface area contributed by atoms with E-state index in [4.69, 9.17) is 4.52 Å². The van der Waals surface area contributed by atoms with E-state index in [1.54, 1.807) is 6.07 Å². The van der Waals surface area contributed by atoms with Gasteiger partial charge >= 0.3 is 6.03 Å². The Hall–Kier alpha value is -2.30. The first-order valence-electron chi connectivity index (χ1n) is 7.82. The van der Waals surface area contributed by atoms with Gasteiger partial charge in [-0.1, -0.05) is 55.3 Å².